The summed E-state index contributed by atoms with van der Waals surface area (Å²) < 4.78 is 10.9. The number of benzene rings is 1. The van der Waals surface area contributed by atoms with Crippen LogP contribution in [0, 0.1) is 0 Å². The van der Waals surface area contributed by atoms with E-state index in [4.69, 9.17) is 25.2 Å². The van der Waals surface area contributed by atoms with Gasteiger partial charge >= 0.3 is 0 Å². The van der Waals surface area contributed by atoms with Gasteiger partial charge in [0.2, 0.25) is 0 Å². The van der Waals surface area contributed by atoms with Gasteiger partial charge in [-0.25, -0.2) is 0 Å². The van der Waals surface area contributed by atoms with Gasteiger partial charge in [0.05, 0.1) is 12.7 Å². The summed E-state index contributed by atoms with van der Waals surface area (Å²) in [6.45, 7) is 1.10. The molecule has 5 rings (SSSR count). The molecule has 0 spiro atoms. The molecule has 0 atom stereocenters. The molecule has 0 N–H and O–H groups in total. The Balaban J connectivity index is 1.53. The minimum atomic E-state index is -0.681. The standard InChI is InChI=1S/C22H13B2I4NO2S3/c23-21(25,26)29(22(24,27)28)13-5-3-12(4-6-13)19-17-18(31-10-9-30-17)20(34-19)16-8-7-15(33-16)14-2-1-11-32-14/h1-8,11H,9-10H2. The Bertz CT molecular complexity index is 1280. The van der Waals surface area contributed by atoms with Crippen molar-refractivity contribution in [1.29, 1.82) is 0 Å². The van der Waals surface area contributed by atoms with Gasteiger partial charge in [0, 0.05) is 20.3 Å². The van der Waals surface area contributed by atoms with E-state index in [1.807, 2.05) is 4.90 Å². The number of anilines is 1. The lowest BCUT2D eigenvalue weighted by atomic mass is 10.0. The maximum atomic E-state index is 6.42. The third kappa shape index (κ3) is 5.47. The minimum absolute atomic E-state index is 0.547. The van der Waals surface area contributed by atoms with Crippen molar-refractivity contribution in [1.82, 2.24) is 0 Å². The van der Waals surface area contributed by atoms with E-state index < -0.39 is 2.90 Å². The molecule has 4 heterocycles. The molecular weight excluding hydrogens is 936 g/mol. The van der Waals surface area contributed by atoms with Gasteiger partial charge in [-0.2, -0.15) is 0 Å². The Hall–Kier alpha value is 0.770. The van der Waals surface area contributed by atoms with Gasteiger partial charge in [0.15, 0.2) is 11.5 Å². The van der Waals surface area contributed by atoms with Gasteiger partial charge in [-0.1, -0.05) is 109 Å². The molecule has 0 bridgehead atoms. The first-order chi connectivity index (χ1) is 16.1. The van der Waals surface area contributed by atoms with Crippen LogP contribution >= 0.6 is 124 Å². The number of alkyl halides is 4. The van der Waals surface area contributed by atoms with Crippen molar-refractivity contribution in [2.75, 3.05) is 18.1 Å². The zero-order chi connectivity index (χ0) is 24.1. The van der Waals surface area contributed by atoms with Crippen LogP contribution in [0.1, 0.15) is 0 Å². The molecule has 0 fully saturated rings. The molecule has 1 aliphatic rings. The van der Waals surface area contributed by atoms with Crippen molar-refractivity contribution in [3.8, 4) is 41.4 Å². The lowest BCUT2D eigenvalue weighted by Gasteiger charge is -2.43. The fraction of sp³-hybridized carbons (Fsp3) is 0.182. The summed E-state index contributed by atoms with van der Waals surface area (Å²) in [5.74, 6) is 1.67. The second kappa shape index (κ2) is 10.5. The number of hydrogen-bond donors (Lipinski definition) is 0. The van der Waals surface area contributed by atoms with Crippen LogP contribution in [0.25, 0.3) is 29.9 Å². The average molecular weight is 949 g/mol. The second-order valence-electron chi connectivity index (χ2n) is 7.31. The molecule has 1 aromatic carbocycles. The fourth-order valence-corrected chi connectivity index (χ4v) is 11.2. The van der Waals surface area contributed by atoms with E-state index in [9.17, 15) is 0 Å². The van der Waals surface area contributed by atoms with Crippen molar-refractivity contribution < 1.29 is 9.47 Å². The highest BCUT2D eigenvalue weighted by atomic mass is 127. The number of fused-ring (bicyclic) bond motifs is 1. The van der Waals surface area contributed by atoms with E-state index in [-0.39, 0.29) is 0 Å². The Labute approximate surface area is 267 Å². The first-order valence-electron chi connectivity index (χ1n) is 9.93. The summed E-state index contributed by atoms with van der Waals surface area (Å²) >= 11 is 14.1. The van der Waals surface area contributed by atoms with Crippen molar-refractivity contribution in [2.24, 2.45) is 0 Å². The van der Waals surface area contributed by atoms with Gasteiger partial charge in [0.1, 0.15) is 28.9 Å². The number of ether oxygens (including phenoxy) is 2. The van der Waals surface area contributed by atoms with Crippen LogP contribution < -0.4 is 14.4 Å². The molecule has 1 aliphatic heterocycles. The highest BCUT2D eigenvalue weighted by molar-refractivity contribution is 14.2. The first-order valence-corrected chi connectivity index (χ1v) is 16.8. The van der Waals surface area contributed by atoms with E-state index >= 15 is 0 Å². The molecule has 0 aliphatic carbocycles. The van der Waals surface area contributed by atoms with Gasteiger partial charge < -0.3 is 14.4 Å². The van der Waals surface area contributed by atoms with E-state index in [1.54, 1.807) is 34.0 Å². The number of thiophene rings is 3. The number of hydrogen-bond acceptors (Lipinski definition) is 6. The molecule has 0 saturated heterocycles. The third-order valence-electron chi connectivity index (χ3n) is 4.98. The monoisotopic (exact) mass is 949 g/mol. The van der Waals surface area contributed by atoms with E-state index in [0.29, 0.717) is 13.2 Å². The van der Waals surface area contributed by atoms with Crippen molar-refractivity contribution >= 4 is 146 Å². The Morgan fingerprint density at radius 2 is 1.35 bits per heavy atom. The predicted octanol–water partition coefficient (Wildman–Crippen LogP) is 8.75. The maximum Gasteiger partial charge on any atom is 0.181 e. The highest BCUT2D eigenvalue weighted by Gasteiger charge is 2.36. The topological polar surface area (TPSA) is 21.7 Å². The highest BCUT2D eigenvalue weighted by Crippen LogP contribution is 2.55. The summed E-state index contributed by atoms with van der Waals surface area (Å²) in [5.41, 5.74) is 2.02. The van der Waals surface area contributed by atoms with Crippen molar-refractivity contribution in [2.45, 2.75) is 2.90 Å². The third-order valence-corrected chi connectivity index (χ3v) is 10.4. The Kier molecular flexibility index (Phi) is 8.15. The quantitative estimate of drug-likeness (QED) is 0.0837. The van der Waals surface area contributed by atoms with Crippen molar-refractivity contribution in [3.63, 3.8) is 0 Å². The molecule has 170 valence electrons. The van der Waals surface area contributed by atoms with E-state index in [1.165, 1.54) is 14.6 Å². The fourth-order valence-electron chi connectivity index (χ4n) is 3.62. The zero-order valence-electron chi connectivity index (χ0n) is 17.3. The molecule has 12 heteroatoms. The van der Waals surface area contributed by atoms with Crippen LogP contribution in [-0.4, -0.2) is 31.8 Å². The van der Waals surface area contributed by atoms with Crippen LogP contribution in [-0.2, 0) is 0 Å². The summed E-state index contributed by atoms with van der Waals surface area (Å²) in [6.07, 6.45) is 0. The van der Waals surface area contributed by atoms with Gasteiger partial charge in [-0.05, 0) is 41.3 Å². The molecule has 3 nitrogen and oxygen atoms in total. The first kappa shape index (κ1) is 26.4. The zero-order valence-corrected chi connectivity index (χ0v) is 28.3. The van der Waals surface area contributed by atoms with Crippen LogP contribution in [0.4, 0.5) is 5.69 Å². The van der Waals surface area contributed by atoms with E-state index in [0.717, 1.165) is 32.5 Å². The smallest absolute Gasteiger partial charge is 0.181 e. The van der Waals surface area contributed by atoms with Crippen LogP contribution in [0.5, 0.6) is 11.5 Å². The lowest BCUT2D eigenvalue weighted by molar-refractivity contribution is 0.175. The summed E-state index contributed by atoms with van der Waals surface area (Å²) in [6, 6.07) is 16.9. The lowest BCUT2D eigenvalue weighted by Crippen LogP contribution is -2.49. The summed E-state index contributed by atoms with van der Waals surface area (Å²) in [7, 11) is 12.8. The van der Waals surface area contributed by atoms with Crippen LogP contribution in [0.3, 0.4) is 0 Å². The summed E-state index contributed by atoms with van der Waals surface area (Å²) in [4.78, 5) is 7.90. The molecule has 0 amide bonds. The minimum Gasteiger partial charge on any atom is -0.485 e. The van der Waals surface area contributed by atoms with E-state index in [2.05, 4.69) is 144 Å². The molecule has 4 aromatic rings. The van der Waals surface area contributed by atoms with Crippen molar-refractivity contribution in [3.05, 3.63) is 53.9 Å². The van der Waals surface area contributed by atoms with Gasteiger partial charge in [-0.3, -0.25) is 0 Å². The number of nitrogens with zero attached hydrogens (tertiary/aromatic N) is 1. The largest absolute Gasteiger partial charge is 0.485 e. The number of halogens is 4. The van der Waals surface area contributed by atoms with Gasteiger partial charge in [0.25, 0.3) is 0 Å². The normalized spacial score (nSPS) is 13.8. The average Bonchev–Trinajstić information content (AvgIpc) is 3.51. The van der Waals surface area contributed by atoms with Crippen LogP contribution in [0.15, 0.2) is 53.9 Å². The molecule has 0 saturated carbocycles. The predicted molar refractivity (Wildman–Crippen MR) is 183 cm³/mol. The Morgan fingerprint density at radius 3 is 1.94 bits per heavy atom. The van der Waals surface area contributed by atoms with Crippen LogP contribution in [0.2, 0.25) is 0 Å². The molecule has 3 aromatic heterocycles. The summed E-state index contributed by atoms with van der Waals surface area (Å²) in [5, 5.41) is 2.11. The maximum absolute atomic E-state index is 6.42. The number of rotatable bonds is 6. The molecule has 4 radical (unpaired) electrons. The Morgan fingerprint density at radius 1 is 0.735 bits per heavy atom. The van der Waals surface area contributed by atoms with Gasteiger partial charge in [-0.15, -0.1) is 34.0 Å². The SMILES string of the molecule is [B]C(I)(I)N(c1ccc(-c2sc(-c3ccc(-c4cccs4)s3)c3c2OCCO3)cc1)C([B])(I)I. The molecular formula is C22H13B2I4NO2S3. The second-order valence-corrected chi connectivity index (χ2v) is 21.1. The molecule has 34 heavy (non-hydrogen) atoms. The molecule has 0 unspecified atom stereocenters.